The number of aromatic nitrogens is 4. The van der Waals surface area contributed by atoms with Crippen LogP contribution in [0.5, 0.6) is 0 Å². The highest BCUT2D eigenvalue weighted by Crippen LogP contribution is 2.31. The Hall–Kier alpha value is -2.68. The Morgan fingerprint density at radius 1 is 0.966 bits per heavy atom. The van der Waals surface area contributed by atoms with Crippen LogP contribution in [0.2, 0.25) is 0 Å². The molecule has 0 saturated heterocycles. The predicted octanol–water partition coefficient (Wildman–Crippen LogP) is 6.06. The van der Waals surface area contributed by atoms with Gasteiger partial charge in [-0.2, -0.15) is 0 Å². The Kier molecular flexibility index (Phi) is 5.29. The van der Waals surface area contributed by atoms with Crippen LogP contribution in [0.25, 0.3) is 21.5 Å². The minimum Gasteiger partial charge on any atom is -0.461 e. The van der Waals surface area contributed by atoms with Crippen molar-refractivity contribution in [2.45, 2.75) is 17.5 Å². The van der Waals surface area contributed by atoms with Crippen LogP contribution in [0.15, 0.2) is 81.2 Å². The van der Waals surface area contributed by atoms with Crippen LogP contribution in [0.3, 0.4) is 0 Å². The zero-order valence-corrected chi connectivity index (χ0v) is 17.7. The first kappa shape index (κ1) is 18.4. The molecule has 5 aromatic rings. The van der Waals surface area contributed by atoms with E-state index in [1.54, 1.807) is 40.7 Å². The summed E-state index contributed by atoms with van der Waals surface area (Å²) >= 11 is 5.04. The Morgan fingerprint density at radius 3 is 2.69 bits per heavy atom. The second-order valence-corrected chi connectivity index (χ2v) is 9.01. The van der Waals surface area contributed by atoms with Gasteiger partial charge in [-0.05, 0) is 29.1 Å². The molecular weight excluding hydrogens is 420 g/mol. The summed E-state index contributed by atoms with van der Waals surface area (Å²) in [5.74, 6) is 2.19. The van der Waals surface area contributed by atoms with Crippen LogP contribution in [0.1, 0.15) is 11.3 Å². The molecule has 0 saturated carbocycles. The molecule has 0 spiro atoms. The van der Waals surface area contributed by atoms with Gasteiger partial charge in [0.1, 0.15) is 5.01 Å². The molecule has 0 atom stereocenters. The first-order valence-corrected chi connectivity index (χ1v) is 11.7. The van der Waals surface area contributed by atoms with Crippen molar-refractivity contribution < 1.29 is 4.42 Å². The highest BCUT2D eigenvalue weighted by molar-refractivity contribution is 7.98. The summed E-state index contributed by atoms with van der Waals surface area (Å²) in [5, 5.41) is 14.9. The van der Waals surface area contributed by atoms with Gasteiger partial charge >= 0.3 is 0 Å². The molecule has 0 aliphatic rings. The third-order valence-corrected chi connectivity index (χ3v) is 7.21. The van der Waals surface area contributed by atoms with E-state index in [4.69, 9.17) is 9.40 Å². The maximum absolute atomic E-state index is 5.58. The molecule has 5 nitrogen and oxygen atoms in total. The van der Waals surface area contributed by atoms with Gasteiger partial charge in [0, 0.05) is 11.1 Å². The van der Waals surface area contributed by atoms with E-state index in [0.717, 1.165) is 27.4 Å². The number of nitrogens with zero attached hydrogens (tertiary/aromatic N) is 4. The molecule has 4 heterocycles. The van der Waals surface area contributed by atoms with Crippen molar-refractivity contribution >= 4 is 34.4 Å². The van der Waals surface area contributed by atoms with Crippen molar-refractivity contribution in [2.24, 2.45) is 0 Å². The van der Waals surface area contributed by atoms with Crippen molar-refractivity contribution in [3.05, 3.63) is 82.9 Å². The molecule has 0 radical (unpaired) electrons. The van der Waals surface area contributed by atoms with Crippen LogP contribution in [0.4, 0.5) is 0 Å². The maximum atomic E-state index is 5.58. The van der Waals surface area contributed by atoms with E-state index in [2.05, 4.69) is 49.8 Å². The number of rotatable bonds is 7. The minimum absolute atomic E-state index is 0.684. The Balaban J connectivity index is 1.39. The summed E-state index contributed by atoms with van der Waals surface area (Å²) in [4.78, 5) is 5.98. The fourth-order valence-electron chi connectivity index (χ4n) is 2.92. The Labute approximate surface area is 180 Å². The van der Waals surface area contributed by atoms with Crippen LogP contribution in [0, 0.1) is 0 Å². The van der Waals surface area contributed by atoms with Crippen LogP contribution in [-0.2, 0) is 12.3 Å². The predicted molar refractivity (Wildman–Crippen MR) is 118 cm³/mol. The smallest absolute Gasteiger partial charge is 0.200 e. The largest absolute Gasteiger partial charge is 0.461 e. The van der Waals surface area contributed by atoms with Crippen LogP contribution < -0.4 is 0 Å². The molecule has 4 aromatic heterocycles. The highest BCUT2D eigenvalue weighted by atomic mass is 32.2. The first-order valence-electron chi connectivity index (χ1n) is 8.99. The number of hydrogen-bond acceptors (Lipinski definition) is 7. The summed E-state index contributed by atoms with van der Waals surface area (Å²) in [6.45, 7) is 0.684. The molecule has 0 unspecified atom stereocenters. The third-order valence-electron chi connectivity index (χ3n) is 4.27. The van der Waals surface area contributed by atoms with Gasteiger partial charge in [0.05, 0.1) is 23.4 Å². The second-order valence-electron chi connectivity index (χ2n) is 6.27. The van der Waals surface area contributed by atoms with Crippen LogP contribution >= 0.6 is 34.4 Å². The molecule has 0 bridgehead atoms. The topological polar surface area (TPSA) is 56.7 Å². The van der Waals surface area contributed by atoms with Crippen molar-refractivity contribution in [1.29, 1.82) is 0 Å². The van der Waals surface area contributed by atoms with Gasteiger partial charge in [0.2, 0.25) is 5.82 Å². The number of thioether (sulfide) groups is 1. The molecule has 5 rings (SSSR count). The quantitative estimate of drug-likeness (QED) is 0.290. The molecule has 0 aliphatic carbocycles. The lowest BCUT2D eigenvalue weighted by molar-refractivity contribution is 0.569. The Morgan fingerprint density at radius 2 is 1.90 bits per heavy atom. The summed E-state index contributed by atoms with van der Waals surface area (Å²) < 4.78 is 7.68. The normalized spacial score (nSPS) is 11.2. The van der Waals surface area contributed by atoms with Gasteiger partial charge in [-0.1, -0.05) is 48.2 Å². The fourth-order valence-corrected chi connectivity index (χ4v) is 5.49. The molecule has 144 valence electrons. The summed E-state index contributed by atoms with van der Waals surface area (Å²) in [5.41, 5.74) is 2.24. The zero-order chi connectivity index (χ0) is 19.5. The summed E-state index contributed by atoms with van der Waals surface area (Å²) in [7, 11) is 0. The standard InChI is InChI=1S/C21H16N4OS3/c1-2-6-15(7-3-1)12-25-19(17-8-4-10-26-17)23-24-21(25)29-14-16-13-28-20(22-16)18-9-5-11-27-18/h1-11,13H,12,14H2. The van der Waals surface area contributed by atoms with Gasteiger partial charge < -0.3 is 4.42 Å². The van der Waals surface area contributed by atoms with Gasteiger partial charge in [0.25, 0.3) is 0 Å². The molecule has 0 amide bonds. The minimum atomic E-state index is 0.684. The monoisotopic (exact) mass is 436 g/mol. The lowest BCUT2D eigenvalue weighted by atomic mass is 10.2. The van der Waals surface area contributed by atoms with E-state index in [0.29, 0.717) is 12.3 Å². The van der Waals surface area contributed by atoms with Crippen molar-refractivity contribution in [3.63, 3.8) is 0 Å². The van der Waals surface area contributed by atoms with E-state index in [1.807, 2.05) is 30.3 Å². The number of thiophene rings is 1. The molecular formula is C21H16N4OS3. The van der Waals surface area contributed by atoms with E-state index in [9.17, 15) is 0 Å². The molecule has 8 heteroatoms. The number of furan rings is 1. The summed E-state index contributed by atoms with van der Waals surface area (Å²) in [6, 6.07) is 18.2. The van der Waals surface area contributed by atoms with E-state index >= 15 is 0 Å². The molecule has 0 fully saturated rings. The lowest BCUT2D eigenvalue weighted by Gasteiger charge is -2.09. The molecule has 0 N–H and O–H groups in total. The fraction of sp³-hybridized carbons (Fsp3) is 0.0952. The van der Waals surface area contributed by atoms with E-state index in [1.165, 1.54) is 10.4 Å². The van der Waals surface area contributed by atoms with E-state index < -0.39 is 0 Å². The summed E-state index contributed by atoms with van der Waals surface area (Å²) in [6.07, 6.45) is 1.66. The maximum Gasteiger partial charge on any atom is 0.200 e. The number of benzene rings is 1. The highest BCUT2D eigenvalue weighted by Gasteiger charge is 2.17. The van der Waals surface area contributed by atoms with Crippen molar-refractivity contribution in [2.75, 3.05) is 0 Å². The van der Waals surface area contributed by atoms with Crippen LogP contribution in [-0.4, -0.2) is 19.7 Å². The second kappa shape index (κ2) is 8.36. The van der Waals surface area contributed by atoms with Gasteiger partial charge in [-0.15, -0.1) is 32.9 Å². The molecule has 29 heavy (non-hydrogen) atoms. The lowest BCUT2D eigenvalue weighted by Crippen LogP contribution is -2.04. The third kappa shape index (κ3) is 4.05. The molecule has 1 aromatic carbocycles. The first-order chi connectivity index (χ1) is 14.4. The zero-order valence-electron chi connectivity index (χ0n) is 15.3. The van der Waals surface area contributed by atoms with Crippen molar-refractivity contribution in [3.8, 4) is 21.5 Å². The van der Waals surface area contributed by atoms with Crippen molar-refractivity contribution in [1.82, 2.24) is 19.7 Å². The van der Waals surface area contributed by atoms with E-state index in [-0.39, 0.29) is 0 Å². The molecule has 0 aliphatic heterocycles. The van der Waals surface area contributed by atoms with Gasteiger partial charge in [-0.25, -0.2) is 4.98 Å². The Bertz CT molecular complexity index is 1180. The average molecular weight is 437 g/mol. The number of thiazole rings is 1. The SMILES string of the molecule is c1ccc(Cn2c(SCc3csc(-c4cccs4)n3)nnc2-c2ccco2)cc1. The number of hydrogen-bond donors (Lipinski definition) is 0. The van der Waals surface area contributed by atoms with Gasteiger partial charge in [-0.3, -0.25) is 4.57 Å². The van der Waals surface area contributed by atoms with Gasteiger partial charge in [0.15, 0.2) is 10.9 Å². The average Bonchev–Trinajstić information content (AvgIpc) is 3.54.